The Morgan fingerprint density at radius 2 is 2.13 bits per heavy atom. The van der Waals surface area contributed by atoms with Crippen LogP contribution in [-0.2, 0) is 13.0 Å². The summed E-state index contributed by atoms with van der Waals surface area (Å²) in [4.78, 5) is 8.94. The third kappa shape index (κ3) is 5.18. The monoisotopic (exact) mass is 411 g/mol. The Labute approximate surface area is 177 Å². The second-order valence-corrected chi connectivity index (χ2v) is 8.22. The highest BCUT2D eigenvalue weighted by Crippen LogP contribution is 2.30. The molecule has 2 aromatic rings. The predicted octanol–water partition coefficient (Wildman–Crippen LogP) is 3.78. The molecule has 1 aliphatic rings. The summed E-state index contributed by atoms with van der Waals surface area (Å²) in [5, 5.41) is 14.9. The molecule has 160 valence electrons. The fraction of sp³-hybridized carbons (Fsp3) is 0.455. The molecule has 0 spiro atoms. The number of rotatable bonds is 6. The third-order valence-electron chi connectivity index (χ3n) is 5.36. The zero-order valence-corrected chi connectivity index (χ0v) is 17.8. The van der Waals surface area contributed by atoms with Gasteiger partial charge < -0.3 is 10.7 Å². The molecule has 3 rings (SSSR count). The molecule has 1 aromatic carbocycles. The summed E-state index contributed by atoms with van der Waals surface area (Å²) in [5.74, 6) is 4.81. The molecular formula is C22H30FN7. The first-order chi connectivity index (χ1) is 14.4. The first-order valence-electron chi connectivity index (χ1n) is 10.3. The van der Waals surface area contributed by atoms with Crippen LogP contribution in [0.2, 0.25) is 0 Å². The van der Waals surface area contributed by atoms with E-state index < -0.39 is 5.82 Å². The van der Waals surface area contributed by atoms with Crippen LogP contribution in [0.3, 0.4) is 0 Å². The number of pyridine rings is 1. The number of nitrogens with zero attached hydrogens (tertiary/aromatic N) is 5. The van der Waals surface area contributed by atoms with Gasteiger partial charge >= 0.3 is 0 Å². The SMILES string of the molecule is CC(C)Cc1cc(F)c(C(=N)N=NN)c(N2CCN(Cc3ccccn3)[C@@H](C)C2)c1. The molecule has 8 heteroatoms. The van der Waals surface area contributed by atoms with Gasteiger partial charge in [0, 0.05) is 38.4 Å². The predicted molar refractivity (Wildman–Crippen MR) is 117 cm³/mol. The molecule has 1 fully saturated rings. The van der Waals surface area contributed by atoms with Gasteiger partial charge in [-0.15, -0.1) is 5.11 Å². The number of hydrogen-bond donors (Lipinski definition) is 2. The van der Waals surface area contributed by atoms with Gasteiger partial charge in [-0.1, -0.05) is 25.1 Å². The van der Waals surface area contributed by atoms with Gasteiger partial charge in [0.1, 0.15) is 5.82 Å². The van der Waals surface area contributed by atoms with Crippen molar-refractivity contribution in [2.45, 2.75) is 39.8 Å². The van der Waals surface area contributed by atoms with Crippen molar-refractivity contribution in [2.24, 2.45) is 22.1 Å². The zero-order valence-electron chi connectivity index (χ0n) is 17.8. The fourth-order valence-corrected chi connectivity index (χ4v) is 3.98. The first-order valence-corrected chi connectivity index (χ1v) is 10.3. The Morgan fingerprint density at radius 1 is 1.33 bits per heavy atom. The summed E-state index contributed by atoms with van der Waals surface area (Å²) >= 11 is 0. The number of anilines is 1. The number of aromatic nitrogens is 1. The minimum absolute atomic E-state index is 0.155. The third-order valence-corrected chi connectivity index (χ3v) is 5.36. The van der Waals surface area contributed by atoms with Gasteiger partial charge in [-0.25, -0.2) is 4.39 Å². The Balaban J connectivity index is 1.86. The second-order valence-electron chi connectivity index (χ2n) is 8.22. The summed E-state index contributed by atoms with van der Waals surface area (Å²) < 4.78 is 15.0. The lowest BCUT2D eigenvalue weighted by Crippen LogP contribution is -2.52. The molecule has 0 radical (unpaired) electrons. The molecule has 1 aromatic heterocycles. The molecule has 2 heterocycles. The summed E-state index contributed by atoms with van der Waals surface area (Å²) in [6.45, 7) is 9.41. The van der Waals surface area contributed by atoms with E-state index in [2.05, 4.69) is 45.9 Å². The normalized spacial score (nSPS) is 17.8. The average molecular weight is 412 g/mol. The Hall–Kier alpha value is -2.87. The van der Waals surface area contributed by atoms with Crippen molar-refractivity contribution in [3.8, 4) is 0 Å². The zero-order chi connectivity index (χ0) is 21.7. The molecule has 7 nitrogen and oxygen atoms in total. The van der Waals surface area contributed by atoms with Crippen LogP contribution >= 0.6 is 0 Å². The van der Waals surface area contributed by atoms with E-state index in [1.54, 1.807) is 0 Å². The average Bonchev–Trinajstić information content (AvgIpc) is 2.69. The van der Waals surface area contributed by atoms with Crippen LogP contribution in [0.1, 0.15) is 37.6 Å². The Kier molecular flexibility index (Phi) is 7.10. The Bertz CT molecular complexity index is 898. The van der Waals surface area contributed by atoms with Crippen LogP contribution in [0.25, 0.3) is 0 Å². The van der Waals surface area contributed by atoms with Gasteiger partial charge in [0.05, 0.1) is 16.9 Å². The van der Waals surface area contributed by atoms with Gasteiger partial charge in [0.25, 0.3) is 0 Å². The lowest BCUT2D eigenvalue weighted by Gasteiger charge is -2.41. The van der Waals surface area contributed by atoms with Crippen molar-refractivity contribution in [1.29, 1.82) is 5.41 Å². The molecule has 0 unspecified atom stereocenters. The maximum atomic E-state index is 15.0. The Morgan fingerprint density at radius 3 is 2.77 bits per heavy atom. The minimum atomic E-state index is -0.455. The van der Waals surface area contributed by atoms with Crippen LogP contribution in [0.5, 0.6) is 0 Å². The largest absolute Gasteiger partial charge is 0.368 e. The number of piperazine rings is 1. The summed E-state index contributed by atoms with van der Waals surface area (Å²) in [5.41, 5.74) is 2.80. The first kappa shape index (κ1) is 21.8. The minimum Gasteiger partial charge on any atom is -0.368 e. The standard InChI is InChI=1S/C22H30FN7/c1-15(2)10-17-11-19(23)21(22(24)27-28-25)20(12-17)30-9-8-29(16(3)13-30)14-18-6-4-5-7-26-18/h4-7,11-12,15-16H,8-10,13-14H2,1-3H3,(H3,24,25,27)/t16-/m0/s1. The smallest absolute Gasteiger partial charge is 0.181 e. The molecule has 0 bridgehead atoms. The van der Waals surface area contributed by atoms with E-state index in [0.29, 0.717) is 11.6 Å². The van der Waals surface area contributed by atoms with E-state index in [4.69, 9.17) is 11.3 Å². The number of nitrogens with two attached hydrogens (primary N) is 1. The quantitative estimate of drug-likeness (QED) is 0.249. The van der Waals surface area contributed by atoms with Crippen LogP contribution in [0.15, 0.2) is 46.9 Å². The molecule has 1 saturated heterocycles. The lowest BCUT2D eigenvalue weighted by atomic mass is 9.98. The van der Waals surface area contributed by atoms with Crippen molar-refractivity contribution in [3.05, 3.63) is 59.2 Å². The topological polar surface area (TPSA) is 94.0 Å². The van der Waals surface area contributed by atoms with Gasteiger partial charge in [0.15, 0.2) is 5.84 Å². The van der Waals surface area contributed by atoms with E-state index in [9.17, 15) is 0 Å². The highest BCUT2D eigenvalue weighted by atomic mass is 19.1. The molecule has 1 atom stereocenters. The summed E-state index contributed by atoms with van der Waals surface area (Å²) in [6, 6.07) is 9.67. The molecule has 0 amide bonds. The van der Waals surface area contributed by atoms with E-state index in [-0.39, 0.29) is 17.4 Å². The highest BCUT2D eigenvalue weighted by Gasteiger charge is 2.28. The van der Waals surface area contributed by atoms with Crippen molar-refractivity contribution >= 4 is 11.5 Å². The van der Waals surface area contributed by atoms with Crippen molar-refractivity contribution in [1.82, 2.24) is 9.88 Å². The van der Waals surface area contributed by atoms with Gasteiger partial charge in [-0.2, -0.15) is 0 Å². The van der Waals surface area contributed by atoms with Crippen molar-refractivity contribution in [2.75, 3.05) is 24.5 Å². The van der Waals surface area contributed by atoms with Crippen LogP contribution in [-0.4, -0.2) is 41.4 Å². The lowest BCUT2D eigenvalue weighted by molar-refractivity contribution is 0.179. The molecule has 0 saturated carbocycles. The van der Waals surface area contributed by atoms with Crippen LogP contribution < -0.4 is 10.7 Å². The number of halogens is 1. The molecule has 3 N–H and O–H groups in total. The van der Waals surface area contributed by atoms with Gasteiger partial charge in [0.2, 0.25) is 0 Å². The van der Waals surface area contributed by atoms with Crippen molar-refractivity contribution < 1.29 is 4.39 Å². The molecule has 30 heavy (non-hydrogen) atoms. The van der Waals surface area contributed by atoms with Gasteiger partial charge in [-0.05, 0) is 49.1 Å². The maximum Gasteiger partial charge on any atom is 0.181 e. The van der Waals surface area contributed by atoms with Gasteiger partial charge in [-0.3, -0.25) is 15.3 Å². The highest BCUT2D eigenvalue weighted by molar-refractivity contribution is 6.02. The summed E-state index contributed by atoms with van der Waals surface area (Å²) in [6.07, 6.45) is 2.58. The number of amidine groups is 1. The van der Waals surface area contributed by atoms with Crippen molar-refractivity contribution in [3.63, 3.8) is 0 Å². The maximum absolute atomic E-state index is 15.0. The molecule has 0 aliphatic carbocycles. The molecule has 1 aliphatic heterocycles. The van der Waals surface area contributed by atoms with E-state index in [0.717, 1.165) is 43.9 Å². The van der Waals surface area contributed by atoms with E-state index >= 15 is 4.39 Å². The molecular weight excluding hydrogens is 381 g/mol. The van der Waals surface area contributed by atoms with Crippen LogP contribution in [0.4, 0.5) is 10.1 Å². The van der Waals surface area contributed by atoms with E-state index in [1.165, 1.54) is 6.07 Å². The second kappa shape index (κ2) is 9.75. The van der Waals surface area contributed by atoms with E-state index in [1.807, 2.05) is 30.5 Å². The number of nitrogens with one attached hydrogen (secondary N) is 1. The fourth-order valence-electron chi connectivity index (χ4n) is 3.98. The number of benzene rings is 1. The summed E-state index contributed by atoms with van der Waals surface area (Å²) in [7, 11) is 0. The van der Waals surface area contributed by atoms with Crippen LogP contribution in [0, 0.1) is 17.1 Å². The number of hydrogen-bond acceptors (Lipinski definition) is 5.